The van der Waals surface area contributed by atoms with Crippen molar-refractivity contribution in [3.05, 3.63) is 34.3 Å². The number of amides is 1. The Bertz CT molecular complexity index is 557. The van der Waals surface area contributed by atoms with Gasteiger partial charge in [-0.05, 0) is 37.0 Å². The molecule has 0 aromatic heterocycles. The van der Waals surface area contributed by atoms with Gasteiger partial charge in [0.25, 0.3) is 5.91 Å². The first-order chi connectivity index (χ1) is 10.2. The minimum Gasteiger partial charge on any atom is -0.381 e. The standard InChI is InChI=1S/C16H19ClN2O2/c17-15-10-14(4-3-13(15)2-1-7-18)16(20)19-11-12-5-8-21-9-6-12/h3-4,10,12H,5-9,11,18H2,(H,19,20). The Balaban J connectivity index is 1.94. The minimum absolute atomic E-state index is 0.110. The van der Waals surface area contributed by atoms with E-state index >= 15 is 0 Å². The molecule has 0 spiro atoms. The zero-order valence-electron chi connectivity index (χ0n) is 11.8. The summed E-state index contributed by atoms with van der Waals surface area (Å²) in [6, 6.07) is 5.11. The predicted octanol–water partition coefficient (Wildman–Crippen LogP) is 1.81. The normalized spacial score (nSPS) is 15.1. The smallest absolute Gasteiger partial charge is 0.251 e. The fourth-order valence-electron chi connectivity index (χ4n) is 2.19. The van der Waals surface area contributed by atoms with Gasteiger partial charge in [0.1, 0.15) is 0 Å². The number of rotatable bonds is 3. The molecule has 0 bridgehead atoms. The van der Waals surface area contributed by atoms with Crippen LogP contribution in [0, 0.1) is 17.8 Å². The lowest BCUT2D eigenvalue weighted by Crippen LogP contribution is -2.32. The quantitative estimate of drug-likeness (QED) is 0.837. The summed E-state index contributed by atoms with van der Waals surface area (Å²) < 4.78 is 5.30. The first-order valence-electron chi connectivity index (χ1n) is 7.05. The molecule has 1 aromatic carbocycles. The van der Waals surface area contributed by atoms with Crippen LogP contribution in [0.25, 0.3) is 0 Å². The van der Waals surface area contributed by atoms with Gasteiger partial charge in [0.05, 0.1) is 11.6 Å². The second kappa shape index (κ2) is 8.04. The topological polar surface area (TPSA) is 64.4 Å². The predicted molar refractivity (Wildman–Crippen MR) is 83.3 cm³/mol. The van der Waals surface area contributed by atoms with Crippen molar-refractivity contribution in [2.45, 2.75) is 12.8 Å². The van der Waals surface area contributed by atoms with E-state index in [9.17, 15) is 4.79 Å². The number of nitrogens with one attached hydrogen (secondary N) is 1. The Morgan fingerprint density at radius 3 is 2.86 bits per heavy atom. The number of halogens is 1. The maximum Gasteiger partial charge on any atom is 0.251 e. The third-order valence-electron chi connectivity index (χ3n) is 3.45. The van der Waals surface area contributed by atoms with E-state index in [4.69, 9.17) is 22.1 Å². The van der Waals surface area contributed by atoms with E-state index in [0.29, 0.717) is 28.6 Å². The highest BCUT2D eigenvalue weighted by Gasteiger charge is 2.15. The molecule has 1 fully saturated rings. The Hall–Kier alpha value is -1.54. The van der Waals surface area contributed by atoms with Gasteiger partial charge < -0.3 is 15.8 Å². The third-order valence-corrected chi connectivity index (χ3v) is 3.76. The molecular weight excluding hydrogens is 288 g/mol. The molecule has 112 valence electrons. The van der Waals surface area contributed by atoms with Crippen molar-refractivity contribution >= 4 is 17.5 Å². The van der Waals surface area contributed by atoms with Crippen molar-refractivity contribution in [1.29, 1.82) is 0 Å². The van der Waals surface area contributed by atoms with E-state index in [-0.39, 0.29) is 12.5 Å². The van der Waals surface area contributed by atoms with Gasteiger partial charge >= 0.3 is 0 Å². The van der Waals surface area contributed by atoms with E-state index in [2.05, 4.69) is 17.2 Å². The fourth-order valence-corrected chi connectivity index (χ4v) is 2.42. The third kappa shape index (κ3) is 4.75. The first kappa shape index (κ1) is 15.8. The molecule has 4 nitrogen and oxygen atoms in total. The monoisotopic (exact) mass is 306 g/mol. The summed E-state index contributed by atoms with van der Waals surface area (Å²) in [5, 5.41) is 3.42. The van der Waals surface area contributed by atoms with Crippen LogP contribution in [0.4, 0.5) is 0 Å². The van der Waals surface area contributed by atoms with Crippen LogP contribution in [0.5, 0.6) is 0 Å². The number of ether oxygens (including phenoxy) is 1. The summed E-state index contributed by atoms with van der Waals surface area (Å²) in [6.07, 6.45) is 1.99. The van der Waals surface area contributed by atoms with Crippen molar-refractivity contribution < 1.29 is 9.53 Å². The van der Waals surface area contributed by atoms with Crippen LogP contribution in [-0.4, -0.2) is 32.2 Å². The van der Waals surface area contributed by atoms with Crippen LogP contribution in [0.15, 0.2) is 18.2 Å². The number of benzene rings is 1. The van der Waals surface area contributed by atoms with E-state index < -0.39 is 0 Å². The minimum atomic E-state index is -0.110. The van der Waals surface area contributed by atoms with Crippen LogP contribution in [-0.2, 0) is 4.74 Å². The van der Waals surface area contributed by atoms with Crippen LogP contribution in [0.1, 0.15) is 28.8 Å². The van der Waals surface area contributed by atoms with Crippen LogP contribution >= 0.6 is 11.6 Å². The van der Waals surface area contributed by atoms with E-state index in [1.807, 2.05) is 0 Å². The Morgan fingerprint density at radius 2 is 2.19 bits per heavy atom. The van der Waals surface area contributed by atoms with E-state index in [0.717, 1.165) is 26.1 Å². The molecule has 21 heavy (non-hydrogen) atoms. The first-order valence-corrected chi connectivity index (χ1v) is 7.43. The highest BCUT2D eigenvalue weighted by atomic mass is 35.5. The molecule has 3 N–H and O–H groups in total. The summed E-state index contributed by atoms with van der Waals surface area (Å²) in [5.74, 6) is 6.00. The van der Waals surface area contributed by atoms with Crippen LogP contribution < -0.4 is 11.1 Å². The molecule has 0 saturated carbocycles. The molecule has 0 atom stereocenters. The molecule has 0 aliphatic carbocycles. The average Bonchev–Trinajstić information content (AvgIpc) is 2.52. The van der Waals surface area contributed by atoms with Gasteiger partial charge in [-0.3, -0.25) is 4.79 Å². The Morgan fingerprint density at radius 1 is 1.43 bits per heavy atom. The summed E-state index contributed by atoms with van der Waals surface area (Å²) in [5.41, 5.74) is 6.56. The number of hydrogen-bond acceptors (Lipinski definition) is 3. The van der Waals surface area contributed by atoms with Gasteiger partial charge in [0.15, 0.2) is 0 Å². The Labute approximate surface area is 130 Å². The number of carbonyl (C=O) groups is 1. The molecule has 1 saturated heterocycles. The molecule has 1 aliphatic rings. The second-order valence-electron chi connectivity index (χ2n) is 4.97. The van der Waals surface area contributed by atoms with Crippen molar-refractivity contribution in [3.63, 3.8) is 0 Å². The van der Waals surface area contributed by atoms with Crippen molar-refractivity contribution in [3.8, 4) is 11.8 Å². The highest BCUT2D eigenvalue weighted by molar-refractivity contribution is 6.32. The second-order valence-corrected chi connectivity index (χ2v) is 5.37. The molecule has 1 aliphatic heterocycles. The highest BCUT2D eigenvalue weighted by Crippen LogP contribution is 2.18. The van der Waals surface area contributed by atoms with Crippen molar-refractivity contribution in [1.82, 2.24) is 5.32 Å². The zero-order chi connectivity index (χ0) is 15.1. The van der Waals surface area contributed by atoms with E-state index in [1.54, 1.807) is 18.2 Å². The van der Waals surface area contributed by atoms with Gasteiger partial charge in [0, 0.05) is 30.9 Å². The maximum absolute atomic E-state index is 12.1. The molecule has 2 rings (SSSR count). The van der Waals surface area contributed by atoms with Gasteiger partial charge in [-0.25, -0.2) is 0 Å². The fraction of sp³-hybridized carbons (Fsp3) is 0.438. The summed E-state index contributed by atoms with van der Waals surface area (Å²) >= 11 is 6.12. The zero-order valence-corrected chi connectivity index (χ0v) is 12.6. The lowest BCUT2D eigenvalue weighted by atomic mass is 10.0. The molecule has 0 radical (unpaired) electrons. The van der Waals surface area contributed by atoms with Crippen molar-refractivity contribution in [2.24, 2.45) is 11.7 Å². The van der Waals surface area contributed by atoms with Crippen LogP contribution in [0.3, 0.4) is 0 Å². The Kier molecular flexibility index (Phi) is 6.06. The largest absolute Gasteiger partial charge is 0.381 e. The molecule has 1 amide bonds. The lowest BCUT2D eigenvalue weighted by Gasteiger charge is -2.22. The SMILES string of the molecule is NCC#Cc1ccc(C(=O)NCC2CCOCC2)cc1Cl. The summed E-state index contributed by atoms with van der Waals surface area (Å²) in [6.45, 7) is 2.51. The molecule has 1 heterocycles. The van der Waals surface area contributed by atoms with Gasteiger partial charge in [-0.15, -0.1) is 0 Å². The molecule has 0 unspecified atom stereocenters. The number of carbonyl (C=O) groups excluding carboxylic acids is 1. The van der Waals surface area contributed by atoms with Crippen molar-refractivity contribution in [2.75, 3.05) is 26.3 Å². The summed E-state index contributed by atoms with van der Waals surface area (Å²) in [7, 11) is 0. The molecular formula is C16H19ClN2O2. The number of hydrogen-bond donors (Lipinski definition) is 2. The lowest BCUT2D eigenvalue weighted by molar-refractivity contribution is 0.0642. The van der Waals surface area contributed by atoms with Gasteiger partial charge in [0.2, 0.25) is 0 Å². The molecule has 5 heteroatoms. The summed E-state index contributed by atoms with van der Waals surface area (Å²) in [4.78, 5) is 12.1. The maximum atomic E-state index is 12.1. The molecule has 1 aromatic rings. The average molecular weight is 307 g/mol. The van der Waals surface area contributed by atoms with Gasteiger partial charge in [-0.2, -0.15) is 0 Å². The van der Waals surface area contributed by atoms with Gasteiger partial charge in [-0.1, -0.05) is 23.4 Å². The van der Waals surface area contributed by atoms with Crippen LogP contribution in [0.2, 0.25) is 5.02 Å². The van der Waals surface area contributed by atoms with E-state index in [1.165, 1.54) is 0 Å². The number of nitrogens with two attached hydrogens (primary N) is 1.